The van der Waals surface area contributed by atoms with Crippen LogP contribution in [-0.2, 0) is 38.9 Å². The minimum Gasteiger partial charge on any atom is -0.465 e. The van der Waals surface area contributed by atoms with E-state index in [1.54, 1.807) is 6.07 Å². The lowest BCUT2D eigenvalue weighted by atomic mass is 9.87. The molecular weight excluding hydrogens is 589 g/mol. The number of halogens is 3. The topological polar surface area (TPSA) is 71.1 Å². The fourth-order valence-corrected chi connectivity index (χ4v) is 7.56. The maximum atomic E-state index is 14.7. The highest BCUT2D eigenvalue weighted by Gasteiger charge is 2.65. The predicted molar refractivity (Wildman–Crippen MR) is 165 cm³/mol. The second-order valence-electron chi connectivity index (χ2n) is 13.1. The highest BCUT2D eigenvalue weighted by Crippen LogP contribution is 2.44. The lowest BCUT2D eigenvalue weighted by molar-refractivity contribution is -0.279. The van der Waals surface area contributed by atoms with E-state index in [0.29, 0.717) is 12.3 Å². The third-order valence-corrected chi connectivity index (χ3v) is 13.4. The first-order valence-corrected chi connectivity index (χ1v) is 18.2. The molecule has 0 N–H and O–H groups in total. The van der Waals surface area contributed by atoms with Crippen LogP contribution in [-0.4, -0.2) is 52.9 Å². The van der Waals surface area contributed by atoms with E-state index in [4.69, 9.17) is 18.6 Å². The highest BCUT2D eigenvalue weighted by atomic mass is 28.4. The van der Waals surface area contributed by atoms with E-state index in [-0.39, 0.29) is 24.7 Å². The average Bonchev–Trinajstić information content (AvgIpc) is 3.34. The van der Waals surface area contributed by atoms with Crippen molar-refractivity contribution in [2.45, 2.75) is 89.4 Å². The van der Waals surface area contributed by atoms with Crippen molar-refractivity contribution in [2.24, 2.45) is 17.8 Å². The average molecular weight is 637 g/mol. The molecule has 1 fully saturated rings. The Balaban J connectivity index is 1.90. The van der Waals surface area contributed by atoms with Gasteiger partial charge in [0.2, 0.25) is 0 Å². The van der Waals surface area contributed by atoms with Crippen LogP contribution in [0, 0.1) is 17.8 Å². The fraction of sp³-hybridized carbons (Fsp3) is 0.588. The Hall–Kier alpha value is -2.69. The lowest BCUT2D eigenvalue weighted by Gasteiger charge is -2.41. The number of benzene rings is 2. The summed E-state index contributed by atoms with van der Waals surface area (Å²) in [6, 6.07) is 16.7. The molecule has 2 aromatic carbocycles. The van der Waals surface area contributed by atoms with Gasteiger partial charge in [-0.25, -0.2) is 4.79 Å². The summed E-state index contributed by atoms with van der Waals surface area (Å²) in [6.07, 6.45) is -3.84. The summed E-state index contributed by atoms with van der Waals surface area (Å²) in [5.41, 5.74) is -2.62. The molecule has 44 heavy (non-hydrogen) atoms. The lowest BCUT2D eigenvalue weighted by Crippen LogP contribution is -2.54. The third kappa shape index (κ3) is 7.74. The van der Waals surface area contributed by atoms with Gasteiger partial charge in [0.15, 0.2) is 8.32 Å². The predicted octanol–water partition coefficient (Wildman–Crippen LogP) is 7.75. The number of ether oxygens (including phenoxy) is 3. The Morgan fingerprint density at radius 2 is 1.50 bits per heavy atom. The molecule has 0 amide bonds. The Labute approximate surface area is 260 Å². The molecule has 244 valence electrons. The minimum absolute atomic E-state index is 0.0349. The van der Waals surface area contributed by atoms with Crippen LogP contribution in [0.4, 0.5) is 13.2 Å². The molecule has 0 aromatic heterocycles. The van der Waals surface area contributed by atoms with Crippen LogP contribution in [0.5, 0.6) is 0 Å². The van der Waals surface area contributed by atoms with E-state index in [0.717, 1.165) is 25.5 Å². The molecule has 2 aromatic rings. The van der Waals surface area contributed by atoms with Gasteiger partial charge >= 0.3 is 18.1 Å². The molecule has 0 aliphatic carbocycles. The zero-order valence-corrected chi connectivity index (χ0v) is 27.9. The number of methoxy groups -OCH3 is 1. The van der Waals surface area contributed by atoms with E-state index in [1.165, 1.54) is 24.3 Å². The molecule has 0 unspecified atom stereocenters. The Morgan fingerprint density at radius 1 is 0.955 bits per heavy atom. The van der Waals surface area contributed by atoms with Crippen molar-refractivity contribution < 1.29 is 41.4 Å². The summed E-state index contributed by atoms with van der Waals surface area (Å²) in [5.74, 6) is -3.24. The van der Waals surface area contributed by atoms with Gasteiger partial charge in [-0.15, -0.1) is 0 Å². The van der Waals surface area contributed by atoms with Gasteiger partial charge in [0.25, 0.3) is 5.60 Å². The van der Waals surface area contributed by atoms with Gasteiger partial charge in [0.1, 0.15) is 12.0 Å². The largest absolute Gasteiger partial charge is 0.465 e. The summed E-state index contributed by atoms with van der Waals surface area (Å²) < 4.78 is 66.7. The molecule has 0 spiro atoms. The van der Waals surface area contributed by atoms with Gasteiger partial charge in [-0.1, -0.05) is 101 Å². The SMILES string of the molecule is CO[C@@](C(=O)O[C@H](CCCCC(C)C)[C@H]1C(=O)OC[C@H]1CO[Si](C)(C)C(C)(C)c1ccccc1)(c1ccccc1)C(F)(F)F. The fourth-order valence-electron chi connectivity index (χ4n) is 5.70. The van der Waals surface area contributed by atoms with Crippen molar-refractivity contribution in [3.8, 4) is 0 Å². The monoisotopic (exact) mass is 636 g/mol. The van der Waals surface area contributed by atoms with E-state index in [9.17, 15) is 22.8 Å². The number of alkyl halides is 3. The standard InChI is InChI=1S/C34H47F3O6Si/c1-24(2)16-14-15-21-28(43-31(39)33(40-5,34(35,36)37)27-19-12-9-13-20-27)29-25(22-41-30(29)38)23-42-44(6,7)32(3,4)26-17-10-8-11-18-26/h8-13,17-20,24-25,28-29H,14-16,21-23H2,1-7H3/t25-,28+,29-,33+/m0/s1. The maximum absolute atomic E-state index is 14.7. The van der Waals surface area contributed by atoms with Crippen molar-refractivity contribution in [1.29, 1.82) is 0 Å². The number of rotatable bonds is 15. The van der Waals surface area contributed by atoms with Crippen molar-refractivity contribution in [3.05, 3.63) is 71.8 Å². The van der Waals surface area contributed by atoms with Crippen LogP contribution in [0.3, 0.4) is 0 Å². The van der Waals surface area contributed by atoms with Crippen LogP contribution in [0.1, 0.15) is 64.5 Å². The van der Waals surface area contributed by atoms with E-state index < -0.39 is 55.5 Å². The second-order valence-corrected chi connectivity index (χ2v) is 17.7. The highest BCUT2D eigenvalue weighted by molar-refractivity contribution is 6.74. The molecule has 6 nitrogen and oxygen atoms in total. The maximum Gasteiger partial charge on any atom is 0.432 e. The number of hydrogen-bond acceptors (Lipinski definition) is 6. The minimum atomic E-state index is -5.13. The normalized spacial score (nSPS) is 19.8. The van der Waals surface area contributed by atoms with E-state index in [1.807, 2.05) is 18.2 Å². The molecule has 1 saturated heterocycles. The van der Waals surface area contributed by atoms with Gasteiger partial charge in [0.05, 0.1) is 6.61 Å². The molecule has 10 heteroatoms. The van der Waals surface area contributed by atoms with Gasteiger partial charge in [-0.3, -0.25) is 4.79 Å². The smallest absolute Gasteiger partial charge is 0.432 e. The quantitative estimate of drug-likeness (QED) is 0.113. The Kier molecular flexibility index (Phi) is 11.9. The first-order valence-electron chi connectivity index (χ1n) is 15.3. The zero-order chi connectivity index (χ0) is 32.8. The first-order chi connectivity index (χ1) is 20.6. The summed E-state index contributed by atoms with van der Waals surface area (Å²) in [7, 11) is -1.62. The molecule has 0 radical (unpaired) electrons. The Bertz CT molecular complexity index is 1220. The number of carbonyl (C=O) groups is 2. The number of cyclic esters (lactones) is 1. The molecule has 1 aliphatic rings. The van der Waals surface area contributed by atoms with E-state index in [2.05, 4.69) is 52.9 Å². The molecule has 1 aliphatic heterocycles. The third-order valence-electron chi connectivity index (χ3n) is 9.23. The van der Waals surface area contributed by atoms with Crippen molar-refractivity contribution in [3.63, 3.8) is 0 Å². The number of carbonyl (C=O) groups excluding carboxylic acids is 2. The van der Waals surface area contributed by atoms with Crippen LogP contribution >= 0.6 is 0 Å². The summed E-state index contributed by atoms with van der Waals surface area (Å²) >= 11 is 0. The van der Waals surface area contributed by atoms with Crippen molar-refractivity contribution in [2.75, 3.05) is 20.3 Å². The molecule has 0 bridgehead atoms. The van der Waals surface area contributed by atoms with Gasteiger partial charge in [-0.05, 0) is 37.4 Å². The first kappa shape index (κ1) is 35.8. The molecule has 4 atom stereocenters. The molecular formula is C34H47F3O6Si. The van der Waals surface area contributed by atoms with Crippen LogP contribution in [0.2, 0.25) is 13.1 Å². The molecule has 3 rings (SSSR count). The van der Waals surface area contributed by atoms with Crippen molar-refractivity contribution in [1.82, 2.24) is 0 Å². The molecule has 1 heterocycles. The van der Waals surface area contributed by atoms with Crippen LogP contribution < -0.4 is 0 Å². The molecule has 0 saturated carbocycles. The van der Waals surface area contributed by atoms with Crippen LogP contribution in [0.15, 0.2) is 60.7 Å². The van der Waals surface area contributed by atoms with Gasteiger partial charge in [-0.2, -0.15) is 13.2 Å². The Morgan fingerprint density at radius 3 is 2.02 bits per heavy atom. The summed E-state index contributed by atoms with van der Waals surface area (Å²) in [4.78, 5) is 26.8. The van der Waals surface area contributed by atoms with Gasteiger partial charge in [0, 0.05) is 30.2 Å². The zero-order valence-electron chi connectivity index (χ0n) is 26.9. The second kappa shape index (κ2) is 14.6. The summed E-state index contributed by atoms with van der Waals surface area (Å²) in [6.45, 7) is 12.8. The number of unbranched alkanes of at least 4 members (excludes halogenated alkanes) is 1. The van der Waals surface area contributed by atoms with Crippen molar-refractivity contribution >= 4 is 20.3 Å². The van der Waals surface area contributed by atoms with Crippen LogP contribution in [0.25, 0.3) is 0 Å². The summed E-state index contributed by atoms with van der Waals surface area (Å²) in [5, 5.41) is -0.281. The van der Waals surface area contributed by atoms with Gasteiger partial charge < -0.3 is 18.6 Å². The number of esters is 2. The van der Waals surface area contributed by atoms with E-state index >= 15 is 0 Å². The number of hydrogen-bond donors (Lipinski definition) is 0.